The van der Waals surface area contributed by atoms with Gasteiger partial charge in [-0.1, -0.05) is 140 Å². The second kappa shape index (κ2) is 12.8. The maximum absolute atomic E-state index is 6.25. The first kappa shape index (κ1) is 32.4. The van der Waals surface area contributed by atoms with Crippen LogP contribution in [0, 0.1) is 0 Å². The number of para-hydroxylation sites is 2. The average Bonchev–Trinajstić information content (AvgIpc) is 3.88. The minimum atomic E-state index is 0.599. The second-order valence-electron chi connectivity index (χ2n) is 14.8. The molecular formula is C53H31N3O2. The van der Waals surface area contributed by atoms with Gasteiger partial charge < -0.3 is 8.83 Å². The number of benzene rings is 9. The van der Waals surface area contributed by atoms with E-state index in [4.69, 9.17) is 23.8 Å². The van der Waals surface area contributed by atoms with Gasteiger partial charge in [0.25, 0.3) is 0 Å². The normalized spacial score (nSPS) is 11.8. The molecule has 0 N–H and O–H groups in total. The lowest BCUT2D eigenvalue weighted by molar-refractivity contribution is 0.668. The van der Waals surface area contributed by atoms with Crippen LogP contribution in [0.25, 0.3) is 122 Å². The van der Waals surface area contributed by atoms with Crippen molar-refractivity contribution in [1.82, 2.24) is 15.0 Å². The summed E-state index contributed by atoms with van der Waals surface area (Å²) in [5.74, 6) is 1.81. The van der Waals surface area contributed by atoms with E-state index in [9.17, 15) is 0 Å². The molecule has 5 nitrogen and oxygen atoms in total. The number of hydrogen-bond acceptors (Lipinski definition) is 5. The Labute approximate surface area is 332 Å². The zero-order valence-electron chi connectivity index (χ0n) is 31.1. The van der Waals surface area contributed by atoms with E-state index in [0.717, 1.165) is 93.2 Å². The number of nitrogens with zero attached hydrogens (tertiary/aromatic N) is 3. The quantitative estimate of drug-likeness (QED) is 0.176. The molecule has 0 radical (unpaired) electrons. The van der Waals surface area contributed by atoms with Crippen LogP contribution in [0.1, 0.15) is 0 Å². The molecule has 0 amide bonds. The van der Waals surface area contributed by atoms with Gasteiger partial charge in [-0.05, 0) is 92.3 Å². The third kappa shape index (κ3) is 5.29. The van der Waals surface area contributed by atoms with Gasteiger partial charge in [0, 0.05) is 38.2 Å². The smallest absolute Gasteiger partial charge is 0.164 e. The Balaban J connectivity index is 1.02. The van der Waals surface area contributed by atoms with Crippen molar-refractivity contribution < 1.29 is 8.83 Å². The molecule has 0 aliphatic heterocycles. The van der Waals surface area contributed by atoms with Gasteiger partial charge >= 0.3 is 0 Å². The lowest BCUT2D eigenvalue weighted by Gasteiger charge is -2.11. The molecule has 5 heteroatoms. The molecule has 12 aromatic rings. The molecular weight excluding hydrogens is 711 g/mol. The molecule has 0 saturated heterocycles. The fourth-order valence-corrected chi connectivity index (χ4v) is 8.49. The van der Waals surface area contributed by atoms with Gasteiger partial charge in [0.1, 0.15) is 22.3 Å². The summed E-state index contributed by atoms with van der Waals surface area (Å²) >= 11 is 0. The largest absolute Gasteiger partial charge is 0.456 e. The van der Waals surface area contributed by atoms with E-state index in [-0.39, 0.29) is 0 Å². The van der Waals surface area contributed by atoms with Gasteiger partial charge in [0.05, 0.1) is 0 Å². The van der Waals surface area contributed by atoms with E-state index in [1.807, 2.05) is 42.5 Å². The Kier molecular flexibility index (Phi) is 7.16. The fraction of sp³-hybridized carbons (Fsp3) is 0. The van der Waals surface area contributed by atoms with Crippen LogP contribution >= 0.6 is 0 Å². The van der Waals surface area contributed by atoms with Crippen molar-refractivity contribution in [2.45, 2.75) is 0 Å². The summed E-state index contributed by atoms with van der Waals surface area (Å²) in [6.07, 6.45) is 0. The van der Waals surface area contributed by atoms with Crippen LogP contribution in [0.3, 0.4) is 0 Å². The number of aromatic nitrogens is 3. The molecule has 3 heterocycles. The summed E-state index contributed by atoms with van der Waals surface area (Å²) < 4.78 is 12.5. The average molecular weight is 742 g/mol. The summed E-state index contributed by atoms with van der Waals surface area (Å²) in [5, 5.41) is 8.88. The molecule has 9 aromatic carbocycles. The van der Waals surface area contributed by atoms with Crippen molar-refractivity contribution in [3.05, 3.63) is 188 Å². The van der Waals surface area contributed by atoms with Crippen molar-refractivity contribution in [2.24, 2.45) is 0 Å². The van der Waals surface area contributed by atoms with Crippen LogP contribution in [0.4, 0.5) is 0 Å². The van der Waals surface area contributed by atoms with Gasteiger partial charge in [-0.15, -0.1) is 0 Å². The highest BCUT2D eigenvalue weighted by Gasteiger charge is 2.17. The monoisotopic (exact) mass is 741 g/mol. The number of furan rings is 2. The molecule has 0 aliphatic rings. The number of rotatable bonds is 5. The molecule has 0 saturated carbocycles. The van der Waals surface area contributed by atoms with Gasteiger partial charge in [-0.25, -0.2) is 15.0 Å². The molecule has 270 valence electrons. The van der Waals surface area contributed by atoms with Crippen LogP contribution in [0.15, 0.2) is 197 Å². The van der Waals surface area contributed by atoms with Crippen LogP contribution in [0.5, 0.6) is 0 Å². The fourth-order valence-electron chi connectivity index (χ4n) is 8.49. The highest BCUT2D eigenvalue weighted by molar-refractivity contribution is 6.19. The predicted octanol–water partition coefficient (Wildman–Crippen LogP) is 14.3. The summed E-state index contributed by atoms with van der Waals surface area (Å²) in [4.78, 5) is 15.6. The third-order valence-electron chi connectivity index (χ3n) is 11.3. The molecule has 0 unspecified atom stereocenters. The van der Waals surface area contributed by atoms with Crippen LogP contribution in [-0.4, -0.2) is 15.0 Å². The summed E-state index contributed by atoms with van der Waals surface area (Å²) in [7, 11) is 0. The minimum absolute atomic E-state index is 0.599. The second-order valence-corrected chi connectivity index (χ2v) is 14.8. The number of fused-ring (bicyclic) bond motifs is 9. The van der Waals surface area contributed by atoms with Crippen molar-refractivity contribution in [3.8, 4) is 56.4 Å². The highest BCUT2D eigenvalue weighted by atomic mass is 16.3. The highest BCUT2D eigenvalue weighted by Crippen LogP contribution is 2.39. The minimum Gasteiger partial charge on any atom is -0.456 e. The van der Waals surface area contributed by atoms with Crippen molar-refractivity contribution in [1.29, 1.82) is 0 Å². The molecule has 12 rings (SSSR count). The first-order chi connectivity index (χ1) is 28.7. The first-order valence-corrected chi connectivity index (χ1v) is 19.4. The van der Waals surface area contributed by atoms with Crippen molar-refractivity contribution in [2.75, 3.05) is 0 Å². The Bertz CT molecular complexity index is 3580. The maximum atomic E-state index is 6.25. The van der Waals surface area contributed by atoms with Crippen LogP contribution in [0.2, 0.25) is 0 Å². The topological polar surface area (TPSA) is 65.0 Å². The third-order valence-corrected chi connectivity index (χ3v) is 11.3. The molecule has 0 spiro atoms. The van der Waals surface area contributed by atoms with Crippen molar-refractivity contribution >= 4 is 65.4 Å². The Morgan fingerprint density at radius 1 is 0.276 bits per heavy atom. The van der Waals surface area contributed by atoms with E-state index in [2.05, 4.69) is 146 Å². The van der Waals surface area contributed by atoms with E-state index < -0.39 is 0 Å². The van der Waals surface area contributed by atoms with Gasteiger partial charge in [-0.2, -0.15) is 0 Å². The Morgan fingerprint density at radius 3 is 1.52 bits per heavy atom. The molecule has 3 aromatic heterocycles. The van der Waals surface area contributed by atoms with Gasteiger partial charge in [0.15, 0.2) is 17.5 Å². The lowest BCUT2D eigenvalue weighted by Crippen LogP contribution is -2.00. The first-order valence-electron chi connectivity index (χ1n) is 19.4. The van der Waals surface area contributed by atoms with Crippen molar-refractivity contribution in [3.63, 3.8) is 0 Å². The molecule has 0 bridgehead atoms. The zero-order chi connectivity index (χ0) is 38.2. The SMILES string of the molecule is c1ccc(-c2ccc3cc(-c4nc(-c5cccc(-c6cccc7oc8ccccc8c67)c5)nc(-c5ccc6c(ccc7oc8ccccc8c76)c5)n4)ccc3c2)cc1. The predicted molar refractivity (Wildman–Crippen MR) is 237 cm³/mol. The molecule has 58 heavy (non-hydrogen) atoms. The van der Waals surface area contributed by atoms with E-state index in [1.165, 1.54) is 11.1 Å². The van der Waals surface area contributed by atoms with Gasteiger partial charge in [-0.3, -0.25) is 0 Å². The summed E-state index contributed by atoms with van der Waals surface area (Å²) in [6, 6.07) is 65.2. The molecule has 0 aliphatic carbocycles. The van der Waals surface area contributed by atoms with Crippen LogP contribution < -0.4 is 0 Å². The zero-order valence-corrected chi connectivity index (χ0v) is 31.1. The summed E-state index contributed by atoms with van der Waals surface area (Å²) in [6.45, 7) is 0. The van der Waals surface area contributed by atoms with E-state index in [1.54, 1.807) is 0 Å². The Morgan fingerprint density at radius 2 is 0.776 bits per heavy atom. The van der Waals surface area contributed by atoms with Crippen LogP contribution in [-0.2, 0) is 0 Å². The van der Waals surface area contributed by atoms with Gasteiger partial charge in [0.2, 0.25) is 0 Å². The standard InChI is InChI=1S/C53H31N3O2/c1-2-10-32(11-3-1)33-20-21-35-29-39(23-22-34(35)28-33)52-54-51(38-13-8-12-36(30-38)41-16-9-19-47-49(41)43-14-4-6-17-45(43)57-47)55-53(56-52)40-24-26-42-37(31-40)25-27-48-50(42)44-15-5-7-18-46(44)58-48/h1-31H. The lowest BCUT2D eigenvalue weighted by atomic mass is 9.97. The van der Waals surface area contributed by atoms with E-state index >= 15 is 0 Å². The molecule has 0 atom stereocenters. The molecule has 0 fully saturated rings. The summed E-state index contributed by atoms with van der Waals surface area (Å²) in [5.41, 5.74) is 10.7. The van der Waals surface area contributed by atoms with E-state index in [0.29, 0.717) is 17.5 Å². The maximum Gasteiger partial charge on any atom is 0.164 e. The Hall–Kier alpha value is -7.89. The number of hydrogen-bond donors (Lipinski definition) is 0.